The van der Waals surface area contributed by atoms with Gasteiger partial charge in [0, 0.05) is 49.6 Å². The maximum Gasteiger partial charge on any atom is 0.319 e. The van der Waals surface area contributed by atoms with Crippen LogP contribution in [0.1, 0.15) is 31.4 Å². The maximum atomic E-state index is 14.1. The fourth-order valence-electron chi connectivity index (χ4n) is 5.49. The van der Waals surface area contributed by atoms with Crippen LogP contribution in [0.25, 0.3) is 10.9 Å². The third-order valence-corrected chi connectivity index (χ3v) is 7.74. The molecule has 0 saturated carbocycles. The van der Waals surface area contributed by atoms with Crippen molar-refractivity contribution >= 4 is 16.9 Å². The number of nitrogens with zero attached hydrogens (tertiary/aromatic N) is 2. The van der Waals surface area contributed by atoms with Crippen molar-refractivity contribution in [3.8, 4) is 23.0 Å². The van der Waals surface area contributed by atoms with Gasteiger partial charge in [-0.2, -0.15) is 0 Å². The Morgan fingerprint density at radius 1 is 1.11 bits per heavy atom. The molecular formula is C33H37FN4O6. The molecule has 1 saturated heterocycles. The van der Waals surface area contributed by atoms with Gasteiger partial charge in [-0.05, 0) is 37.6 Å². The minimum absolute atomic E-state index is 0.275. The number of urea groups is 1. The summed E-state index contributed by atoms with van der Waals surface area (Å²) in [5, 5.41) is 6.32. The highest BCUT2D eigenvalue weighted by Gasteiger charge is 2.25. The SMILES string of the molecule is CC(NC(=O)NC1=CCC(Oc2ccnc3cc(OCCCN4CCOCC4)c4c(c23)OCCO4)C=C1)c1ccccc1F. The molecule has 11 heteroatoms. The summed E-state index contributed by atoms with van der Waals surface area (Å²) in [5.41, 5.74) is 1.74. The number of hydrogen-bond acceptors (Lipinski definition) is 8. The van der Waals surface area contributed by atoms with Gasteiger partial charge in [0.1, 0.15) is 30.9 Å². The van der Waals surface area contributed by atoms with E-state index in [1.165, 1.54) is 6.07 Å². The average molecular weight is 605 g/mol. The minimum atomic E-state index is -0.487. The van der Waals surface area contributed by atoms with Crippen molar-refractivity contribution in [1.29, 1.82) is 0 Å². The second-order valence-electron chi connectivity index (χ2n) is 10.8. The number of amides is 2. The van der Waals surface area contributed by atoms with E-state index in [1.54, 1.807) is 37.4 Å². The molecule has 3 aliphatic rings. The Hall–Kier alpha value is -4.35. The van der Waals surface area contributed by atoms with Crippen LogP contribution in [0.15, 0.2) is 66.5 Å². The number of morpholine rings is 1. The van der Waals surface area contributed by atoms with E-state index in [0.717, 1.165) is 44.7 Å². The molecule has 0 spiro atoms. The molecule has 2 unspecified atom stereocenters. The lowest BCUT2D eigenvalue weighted by Gasteiger charge is -2.27. The predicted molar refractivity (Wildman–Crippen MR) is 163 cm³/mol. The van der Waals surface area contributed by atoms with Gasteiger partial charge in [-0.15, -0.1) is 0 Å². The highest BCUT2D eigenvalue weighted by molar-refractivity contribution is 5.95. The smallest absolute Gasteiger partial charge is 0.319 e. The van der Waals surface area contributed by atoms with E-state index in [4.69, 9.17) is 23.7 Å². The summed E-state index contributed by atoms with van der Waals surface area (Å²) in [5.74, 6) is 2.00. The second-order valence-corrected chi connectivity index (χ2v) is 10.8. The first-order chi connectivity index (χ1) is 21.5. The normalized spacial score (nSPS) is 18.8. The molecule has 0 bridgehead atoms. The molecule has 1 aliphatic carbocycles. The van der Waals surface area contributed by atoms with Crippen molar-refractivity contribution in [2.24, 2.45) is 0 Å². The van der Waals surface area contributed by atoms with E-state index in [9.17, 15) is 9.18 Å². The van der Waals surface area contributed by atoms with Crippen LogP contribution in [0.4, 0.5) is 9.18 Å². The summed E-state index contributed by atoms with van der Waals surface area (Å²) >= 11 is 0. The Bertz CT molecular complexity index is 1540. The molecule has 44 heavy (non-hydrogen) atoms. The number of benzene rings is 2. The first-order valence-corrected chi connectivity index (χ1v) is 15.1. The molecule has 3 aromatic rings. The van der Waals surface area contributed by atoms with Crippen LogP contribution >= 0.6 is 0 Å². The van der Waals surface area contributed by atoms with Crippen LogP contribution in [-0.2, 0) is 4.74 Å². The summed E-state index contributed by atoms with van der Waals surface area (Å²) in [6.45, 7) is 7.53. The summed E-state index contributed by atoms with van der Waals surface area (Å²) in [7, 11) is 0. The zero-order valence-electron chi connectivity index (χ0n) is 24.7. The van der Waals surface area contributed by atoms with Gasteiger partial charge in [0.15, 0.2) is 11.5 Å². The molecule has 232 valence electrons. The lowest BCUT2D eigenvalue weighted by Crippen LogP contribution is -2.37. The van der Waals surface area contributed by atoms with Crippen molar-refractivity contribution in [3.63, 3.8) is 0 Å². The fourth-order valence-corrected chi connectivity index (χ4v) is 5.49. The minimum Gasteiger partial charge on any atom is -0.489 e. The van der Waals surface area contributed by atoms with E-state index in [2.05, 4.69) is 20.5 Å². The topological polar surface area (TPSA) is 103 Å². The molecule has 2 aliphatic heterocycles. The highest BCUT2D eigenvalue weighted by Crippen LogP contribution is 2.48. The number of allylic oxidation sites excluding steroid dienone is 1. The number of halogens is 1. The Kier molecular flexibility index (Phi) is 9.43. The van der Waals surface area contributed by atoms with E-state index in [1.807, 2.05) is 24.3 Å². The van der Waals surface area contributed by atoms with Crippen LogP contribution in [0.5, 0.6) is 23.0 Å². The first kappa shape index (κ1) is 29.7. The Morgan fingerprint density at radius 3 is 2.73 bits per heavy atom. The Labute approximate surface area is 255 Å². The zero-order chi connectivity index (χ0) is 30.3. The van der Waals surface area contributed by atoms with Crippen LogP contribution in [0, 0.1) is 5.82 Å². The number of rotatable bonds is 10. The molecule has 2 aromatic carbocycles. The van der Waals surface area contributed by atoms with Crippen molar-refractivity contribution in [2.45, 2.75) is 31.9 Å². The monoisotopic (exact) mass is 604 g/mol. The molecule has 10 nitrogen and oxygen atoms in total. The van der Waals surface area contributed by atoms with E-state index < -0.39 is 12.1 Å². The number of aromatic nitrogens is 1. The maximum absolute atomic E-state index is 14.1. The van der Waals surface area contributed by atoms with Gasteiger partial charge in [-0.25, -0.2) is 9.18 Å². The average Bonchev–Trinajstić information content (AvgIpc) is 3.04. The standard InChI is InChI=1S/C33H37FN4O6/c1-22(25-5-2-3-6-26(25)34)36-33(39)37-23-7-9-24(10-8-23)44-28-11-12-35-27-21-29(31-32(30(27)28)43-20-19-42-31)41-16-4-13-38-14-17-40-18-15-38/h2-3,5-9,11-12,21-22,24H,4,10,13-20H2,1H3,(H2,36,37,39). The third kappa shape index (κ3) is 7.06. The summed E-state index contributed by atoms with van der Waals surface area (Å²) in [4.78, 5) is 19.5. The number of carbonyl (C=O) groups is 1. The quantitative estimate of drug-likeness (QED) is 0.315. The van der Waals surface area contributed by atoms with Gasteiger partial charge in [-0.1, -0.05) is 24.3 Å². The van der Waals surface area contributed by atoms with Gasteiger partial charge in [0.05, 0.1) is 36.8 Å². The van der Waals surface area contributed by atoms with Crippen LogP contribution in [0.2, 0.25) is 0 Å². The number of fused-ring (bicyclic) bond motifs is 3. The molecular weight excluding hydrogens is 567 g/mol. The highest BCUT2D eigenvalue weighted by atomic mass is 19.1. The van der Waals surface area contributed by atoms with E-state index in [-0.39, 0.29) is 11.9 Å². The molecule has 1 aromatic heterocycles. The first-order valence-electron chi connectivity index (χ1n) is 15.1. The van der Waals surface area contributed by atoms with Gasteiger partial charge in [0.2, 0.25) is 5.75 Å². The molecule has 6 rings (SSSR count). The Morgan fingerprint density at radius 2 is 1.93 bits per heavy atom. The fraction of sp³-hybridized carbons (Fsp3) is 0.394. The third-order valence-electron chi connectivity index (χ3n) is 7.74. The van der Waals surface area contributed by atoms with Crippen molar-refractivity contribution in [2.75, 3.05) is 52.7 Å². The van der Waals surface area contributed by atoms with E-state index >= 15 is 0 Å². The van der Waals surface area contributed by atoms with Crippen molar-refractivity contribution in [1.82, 2.24) is 20.5 Å². The van der Waals surface area contributed by atoms with Crippen LogP contribution < -0.4 is 29.6 Å². The number of hydrogen-bond donors (Lipinski definition) is 2. The van der Waals surface area contributed by atoms with Gasteiger partial charge in [0.25, 0.3) is 0 Å². The van der Waals surface area contributed by atoms with Crippen LogP contribution in [0.3, 0.4) is 0 Å². The molecule has 3 heterocycles. The second kappa shape index (κ2) is 14.0. The van der Waals surface area contributed by atoms with Crippen molar-refractivity contribution < 1.29 is 32.9 Å². The number of pyridine rings is 1. The summed E-state index contributed by atoms with van der Waals surface area (Å²) < 4.78 is 44.2. The Balaban J connectivity index is 1.08. The molecule has 1 fully saturated rings. The van der Waals surface area contributed by atoms with Gasteiger partial charge < -0.3 is 34.3 Å². The summed E-state index contributed by atoms with van der Waals surface area (Å²) in [6.07, 6.45) is 8.41. The van der Waals surface area contributed by atoms with Crippen molar-refractivity contribution in [3.05, 3.63) is 77.9 Å². The summed E-state index contributed by atoms with van der Waals surface area (Å²) in [6, 6.07) is 9.17. The largest absolute Gasteiger partial charge is 0.489 e. The molecule has 2 amide bonds. The molecule has 2 N–H and O–H groups in total. The van der Waals surface area contributed by atoms with E-state index in [0.29, 0.717) is 66.0 Å². The lowest BCUT2D eigenvalue weighted by atomic mass is 10.1. The van der Waals surface area contributed by atoms with Crippen LogP contribution in [-0.4, -0.2) is 74.7 Å². The van der Waals surface area contributed by atoms with Gasteiger partial charge >= 0.3 is 6.03 Å². The number of nitrogens with one attached hydrogen (secondary N) is 2. The zero-order valence-corrected chi connectivity index (χ0v) is 24.7. The molecule has 2 atom stereocenters. The number of carbonyl (C=O) groups excluding carboxylic acids is 1. The predicted octanol–water partition coefficient (Wildman–Crippen LogP) is 4.90. The van der Waals surface area contributed by atoms with Gasteiger partial charge in [-0.3, -0.25) is 9.88 Å². The number of ether oxygens (including phenoxy) is 5. The lowest BCUT2D eigenvalue weighted by molar-refractivity contribution is 0.0357. The molecule has 0 radical (unpaired) electrons.